The highest BCUT2D eigenvalue weighted by molar-refractivity contribution is 9.10. The van der Waals surface area contributed by atoms with Crippen LogP contribution in [0.1, 0.15) is 17.3 Å². The van der Waals surface area contributed by atoms with Gasteiger partial charge in [0.15, 0.2) is 0 Å². The molecule has 1 atom stereocenters. The molecule has 0 aliphatic rings. The summed E-state index contributed by atoms with van der Waals surface area (Å²) < 4.78 is 18.5. The minimum Gasteiger partial charge on any atom is -0.384 e. The van der Waals surface area contributed by atoms with Gasteiger partial charge in [-0.25, -0.2) is 4.39 Å². The van der Waals surface area contributed by atoms with Crippen molar-refractivity contribution in [2.75, 3.05) is 20.3 Å². The molecule has 17 heavy (non-hydrogen) atoms. The van der Waals surface area contributed by atoms with Crippen LogP contribution in [-0.2, 0) is 4.74 Å². The van der Waals surface area contributed by atoms with Crippen molar-refractivity contribution in [3.8, 4) is 0 Å². The largest absolute Gasteiger partial charge is 0.384 e. The molecule has 0 heterocycles. The maximum atomic E-state index is 13.2. The number of carbonyl (C=O) groups excluding carboxylic acids is 1. The molecule has 94 valence electrons. The van der Waals surface area contributed by atoms with Gasteiger partial charge in [0, 0.05) is 19.2 Å². The molecule has 0 aliphatic carbocycles. The number of benzene rings is 1. The Labute approximate surface area is 108 Å². The number of nitrogens with one attached hydrogen (secondary N) is 1. The third-order valence-corrected chi connectivity index (χ3v) is 2.89. The SMILES string of the molecule is COCC(C)CNC(=O)c1ccc(Br)c(F)c1. The van der Waals surface area contributed by atoms with Crippen LogP contribution in [0.4, 0.5) is 4.39 Å². The summed E-state index contributed by atoms with van der Waals surface area (Å²) in [5.74, 6) is -0.494. The fraction of sp³-hybridized carbons (Fsp3) is 0.417. The van der Waals surface area contributed by atoms with Crippen molar-refractivity contribution in [3.63, 3.8) is 0 Å². The summed E-state index contributed by atoms with van der Waals surface area (Å²) in [5, 5.41) is 2.73. The molecule has 1 N–H and O–H groups in total. The Morgan fingerprint density at radius 3 is 2.88 bits per heavy atom. The minimum absolute atomic E-state index is 0.226. The quantitative estimate of drug-likeness (QED) is 0.908. The van der Waals surface area contributed by atoms with Crippen molar-refractivity contribution in [2.45, 2.75) is 6.92 Å². The number of halogens is 2. The van der Waals surface area contributed by atoms with Crippen LogP contribution in [0.3, 0.4) is 0 Å². The second-order valence-corrected chi connectivity index (χ2v) is 4.75. The number of methoxy groups -OCH3 is 1. The molecule has 0 aliphatic heterocycles. The number of amides is 1. The molecular weight excluding hydrogens is 289 g/mol. The first kappa shape index (κ1) is 14.1. The van der Waals surface area contributed by atoms with Crippen LogP contribution in [0.2, 0.25) is 0 Å². The molecule has 1 aromatic carbocycles. The second kappa shape index (κ2) is 6.71. The Balaban J connectivity index is 2.55. The fourth-order valence-corrected chi connectivity index (χ4v) is 1.60. The van der Waals surface area contributed by atoms with Crippen LogP contribution in [-0.4, -0.2) is 26.2 Å². The van der Waals surface area contributed by atoms with E-state index >= 15 is 0 Å². The average Bonchev–Trinajstić information content (AvgIpc) is 2.30. The van der Waals surface area contributed by atoms with E-state index in [0.29, 0.717) is 23.2 Å². The van der Waals surface area contributed by atoms with Crippen LogP contribution in [0.25, 0.3) is 0 Å². The van der Waals surface area contributed by atoms with Gasteiger partial charge in [0.25, 0.3) is 5.91 Å². The van der Waals surface area contributed by atoms with Crippen LogP contribution >= 0.6 is 15.9 Å². The van der Waals surface area contributed by atoms with E-state index in [1.54, 1.807) is 13.2 Å². The predicted octanol–water partition coefficient (Wildman–Crippen LogP) is 2.60. The highest BCUT2D eigenvalue weighted by atomic mass is 79.9. The summed E-state index contributed by atoms with van der Waals surface area (Å²) in [5.41, 5.74) is 0.315. The van der Waals surface area contributed by atoms with Gasteiger partial charge in [-0.3, -0.25) is 4.79 Å². The monoisotopic (exact) mass is 303 g/mol. The summed E-state index contributed by atoms with van der Waals surface area (Å²) in [7, 11) is 1.61. The summed E-state index contributed by atoms with van der Waals surface area (Å²) in [6, 6.07) is 4.30. The molecule has 0 bridgehead atoms. The molecule has 5 heteroatoms. The van der Waals surface area contributed by atoms with Crippen LogP contribution < -0.4 is 5.32 Å². The molecule has 0 saturated heterocycles. The van der Waals surface area contributed by atoms with E-state index < -0.39 is 5.82 Å². The van der Waals surface area contributed by atoms with E-state index in [9.17, 15) is 9.18 Å². The first-order valence-corrected chi connectivity index (χ1v) is 6.06. The zero-order valence-corrected chi connectivity index (χ0v) is 11.4. The van der Waals surface area contributed by atoms with E-state index in [4.69, 9.17) is 4.74 Å². The maximum absolute atomic E-state index is 13.2. The zero-order chi connectivity index (χ0) is 12.8. The summed E-state index contributed by atoms with van der Waals surface area (Å²) in [4.78, 5) is 11.7. The highest BCUT2D eigenvalue weighted by Gasteiger charge is 2.09. The first-order chi connectivity index (χ1) is 8.04. The predicted molar refractivity (Wildman–Crippen MR) is 67.5 cm³/mol. The fourth-order valence-electron chi connectivity index (χ4n) is 1.35. The normalized spacial score (nSPS) is 12.2. The van der Waals surface area contributed by atoms with Gasteiger partial charge in [-0.15, -0.1) is 0 Å². The molecule has 0 aromatic heterocycles. The third-order valence-electron chi connectivity index (χ3n) is 2.24. The number of hydrogen-bond acceptors (Lipinski definition) is 2. The molecule has 0 radical (unpaired) electrons. The van der Waals surface area contributed by atoms with Gasteiger partial charge in [0.05, 0.1) is 11.1 Å². The van der Waals surface area contributed by atoms with Gasteiger partial charge in [-0.2, -0.15) is 0 Å². The smallest absolute Gasteiger partial charge is 0.251 e. The van der Waals surface area contributed by atoms with Gasteiger partial charge < -0.3 is 10.1 Å². The summed E-state index contributed by atoms with van der Waals surface area (Å²) in [6.45, 7) is 3.05. The van der Waals surface area contributed by atoms with Crippen molar-refractivity contribution in [3.05, 3.63) is 34.1 Å². The van der Waals surface area contributed by atoms with E-state index in [0.717, 1.165) is 0 Å². The lowest BCUT2D eigenvalue weighted by atomic mass is 10.1. The molecule has 1 aromatic rings. The van der Waals surface area contributed by atoms with Gasteiger partial charge in [-0.1, -0.05) is 6.92 Å². The molecule has 0 saturated carbocycles. The van der Waals surface area contributed by atoms with Crippen molar-refractivity contribution >= 4 is 21.8 Å². The Kier molecular flexibility index (Phi) is 5.58. The minimum atomic E-state index is -0.442. The number of hydrogen-bond donors (Lipinski definition) is 1. The Bertz CT molecular complexity index is 398. The van der Waals surface area contributed by atoms with E-state index in [2.05, 4.69) is 21.2 Å². The van der Waals surface area contributed by atoms with Gasteiger partial charge >= 0.3 is 0 Å². The van der Waals surface area contributed by atoms with E-state index in [1.165, 1.54) is 12.1 Å². The van der Waals surface area contributed by atoms with Crippen LogP contribution in [0.5, 0.6) is 0 Å². The Morgan fingerprint density at radius 2 is 2.29 bits per heavy atom. The summed E-state index contributed by atoms with van der Waals surface area (Å²) >= 11 is 3.04. The van der Waals surface area contributed by atoms with Gasteiger partial charge in [0.2, 0.25) is 0 Å². The Hall–Kier alpha value is -0.940. The van der Waals surface area contributed by atoms with E-state index in [1.807, 2.05) is 6.92 Å². The second-order valence-electron chi connectivity index (χ2n) is 3.90. The number of ether oxygens (including phenoxy) is 1. The van der Waals surface area contributed by atoms with Gasteiger partial charge in [-0.05, 0) is 40.0 Å². The van der Waals surface area contributed by atoms with Crippen molar-refractivity contribution in [1.82, 2.24) is 5.32 Å². The highest BCUT2D eigenvalue weighted by Crippen LogP contribution is 2.16. The van der Waals surface area contributed by atoms with Crippen LogP contribution in [0.15, 0.2) is 22.7 Å². The first-order valence-electron chi connectivity index (χ1n) is 5.26. The molecule has 1 unspecified atom stereocenters. The van der Waals surface area contributed by atoms with Crippen molar-refractivity contribution in [2.24, 2.45) is 5.92 Å². The molecular formula is C12H15BrFNO2. The lowest BCUT2D eigenvalue weighted by Crippen LogP contribution is -2.29. The lowest BCUT2D eigenvalue weighted by molar-refractivity contribution is 0.0933. The maximum Gasteiger partial charge on any atom is 0.251 e. The molecule has 3 nitrogen and oxygen atoms in total. The zero-order valence-electron chi connectivity index (χ0n) is 9.80. The Morgan fingerprint density at radius 1 is 1.59 bits per heavy atom. The lowest BCUT2D eigenvalue weighted by Gasteiger charge is -2.11. The standard InChI is InChI=1S/C12H15BrFNO2/c1-8(7-17-2)6-15-12(16)9-3-4-10(13)11(14)5-9/h3-5,8H,6-7H2,1-2H3,(H,15,16). The summed E-state index contributed by atoms with van der Waals surface area (Å²) in [6.07, 6.45) is 0. The van der Waals surface area contributed by atoms with Crippen molar-refractivity contribution < 1.29 is 13.9 Å². The third kappa shape index (κ3) is 4.44. The number of rotatable bonds is 5. The molecule has 1 rings (SSSR count). The van der Waals surface area contributed by atoms with Crippen molar-refractivity contribution in [1.29, 1.82) is 0 Å². The number of carbonyl (C=O) groups is 1. The molecule has 0 fully saturated rings. The van der Waals surface area contributed by atoms with E-state index in [-0.39, 0.29) is 11.8 Å². The molecule has 0 spiro atoms. The molecule has 1 amide bonds. The topological polar surface area (TPSA) is 38.3 Å². The van der Waals surface area contributed by atoms with Gasteiger partial charge in [0.1, 0.15) is 5.82 Å². The van der Waals surface area contributed by atoms with Crippen LogP contribution in [0, 0.1) is 11.7 Å². The average molecular weight is 304 g/mol.